The standard InChI is InChI=1S/C20H19Cl4NO6/c21-13-1-3-17(15(23)9-13)30-11-19(26)28-7-5-25-6-8-29-20(27)12-31-18-4-2-14(22)10-16(18)24/h1-4,9-10,25H,5-8,11-12H2. The molecule has 0 spiro atoms. The molecule has 11 heteroatoms. The number of hydrogen-bond acceptors (Lipinski definition) is 7. The number of benzene rings is 2. The van der Waals surface area contributed by atoms with Gasteiger partial charge < -0.3 is 24.3 Å². The molecule has 0 aliphatic carbocycles. The Hall–Kier alpha value is -1.90. The summed E-state index contributed by atoms with van der Waals surface area (Å²) in [6.07, 6.45) is 0. The fourth-order valence-electron chi connectivity index (χ4n) is 2.14. The van der Waals surface area contributed by atoms with Crippen molar-refractivity contribution in [1.29, 1.82) is 0 Å². The van der Waals surface area contributed by atoms with Gasteiger partial charge >= 0.3 is 11.9 Å². The molecule has 0 atom stereocenters. The van der Waals surface area contributed by atoms with Gasteiger partial charge in [0.1, 0.15) is 24.7 Å². The van der Waals surface area contributed by atoms with Crippen LogP contribution in [0.4, 0.5) is 0 Å². The van der Waals surface area contributed by atoms with Crippen molar-refractivity contribution in [3.8, 4) is 11.5 Å². The molecule has 0 bridgehead atoms. The van der Waals surface area contributed by atoms with Crippen LogP contribution in [-0.4, -0.2) is 51.5 Å². The normalized spacial score (nSPS) is 10.5. The number of rotatable bonds is 12. The monoisotopic (exact) mass is 509 g/mol. The molecule has 2 aromatic carbocycles. The minimum absolute atomic E-state index is 0.128. The molecule has 0 radical (unpaired) electrons. The van der Waals surface area contributed by atoms with Crippen LogP contribution in [0.1, 0.15) is 0 Å². The van der Waals surface area contributed by atoms with Crippen molar-refractivity contribution in [2.75, 3.05) is 39.5 Å². The third kappa shape index (κ3) is 9.84. The lowest BCUT2D eigenvalue weighted by Crippen LogP contribution is -2.27. The largest absolute Gasteiger partial charge is 0.480 e. The predicted octanol–water partition coefficient (Wildman–Crippen LogP) is 4.43. The molecule has 2 aromatic rings. The Morgan fingerprint density at radius 2 is 1.13 bits per heavy atom. The Bertz CT molecular complexity index is 824. The maximum absolute atomic E-state index is 11.7. The summed E-state index contributed by atoms with van der Waals surface area (Å²) in [5.41, 5.74) is 0. The van der Waals surface area contributed by atoms with Crippen molar-refractivity contribution >= 4 is 58.3 Å². The number of nitrogens with one attached hydrogen (secondary N) is 1. The van der Waals surface area contributed by atoms with E-state index in [1.807, 2.05) is 0 Å². The molecule has 0 aromatic heterocycles. The van der Waals surface area contributed by atoms with Gasteiger partial charge in [-0.25, -0.2) is 9.59 Å². The van der Waals surface area contributed by atoms with Crippen molar-refractivity contribution in [1.82, 2.24) is 5.32 Å². The minimum Gasteiger partial charge on any atom is -0.480 e. The van der Waals surface area contributed by atoms with E-state index in [0.717, 1.165) is 0 Å². The van der Waals surface area contributed by atoms with E-state index in [-0.39, 0.29) is 26.4 Å². The summed E-state index contributed by atoms with van der Waals surface area (Å²) in [6.45, 7) is 0.447. The zero-order valence-electron chi connectivity index (χ0n) is 16.2. The lowest BCUT2D eigenvalue weighted by atomic mass is 10.3. The number of ether oxygens (including phenoxy) is 4. The van der Waals surface area contributed by atoms with E-state index in [2.05, 4.69) is 5.32 Å². The van der Waals surface area contributed by atoms with Crippen LogP contribution in [0.15, 0.2) is 36.4 Å². The number of carbonyl (C=O) groups excluding carboxylic acids is 2. The lowest BCUT2D eigenvalue weighted by molar-refractivity contribution is -0.146. The average Bonchev–Trinajstić information content (AvgIpc) is 2.71. The van der Waals surface area contributed by atoms with Gasteiger partial charge in [-0.2, -0.15) is 0 Å². The zero-order chi connectivity index (χ0) is 22.6. The Morgan fingerprint density at radius 3 is 1.52 bits per heavy atom. The van der Waals surface area contributed by atoms with Gasteiger partial charge in [0, 0.05) is 23.1 Å². The molecule has 168 valence electrons. The maximum atomic E-state index is 11.7. The highest BCUT2D eigenvalue weighted by molar-refractivity contribution is 6.36. The first-order valence-corrected chi connectivity index (χ1v) is 10.5. The molecule has 0 aliphatic rings. The van der Waals surface area contributed by atoms with E-state index in [0.29, 0.717) is 44.7 Å². The summed E-state index contributed by atoms with van der Waals surface area (Å²) in [7, 11) is 0. The molecule has 0 fully saturated rings. The Kier molecular flexibility index (Phi) is 11.0. The van der Waals surface area contributed by atoms with E-state index >= 15 is 0 Å². The van der Waals surface area contributed by atoms with Gasteiger partial charge in [-0.3, -0.25) is 0 Å². The van der Waals surface area contributed by atoms with Gasteiger partial charge in [0.15, 0.2) is 13.2 Å². The van der Waals surface area contributed by atoms with Crippen molar-refractivity contribution in [3.05, 3.63) is 56.5 Å². The van der Waals surface area contributed by atoms with Gasteiger partial charge in [0.25, 0.3) is 0 Å². The van der Waals surface area contributed by atoms with Gasteiger partial charge in [0.05, 0.1) is 10.0 Å². The highest BCUT2D eigenvalue weighted by Crippen LogP contribution is 2.28. The highest BCUT2D eigenvalue weighted by atomic mass is 35.5. The van der Waals surface area contributed by atoms with Gasteiger partial charge in [-0.15, -0.1) is 0 Å². The summed E-state index contributed by atoms with van der Waals surface area (Å²) < 4.78 is 20.6. The van der Waals surface area contributed by atoms with Crippen LogP contribution in [0.25, 0.3) is 0 Å². The summed E-state index contributed by atoms with van der Waals surface area (Å²) in [6, 6.07) is 9.36. The number of carbonyl (C=O) groups is 2. The second kappa shape index (κ2) is 13.5. The van der Waals surface area contributed by atoms with Gasteiger partial charge in [-0.05, 0) is 36.4 Å². The van der Waals surface area contributed by atoms with E-state index in [9.17, 15) is 9.59 Å². The highest BCUT2D eigenvalue weighted by Gasteiger charge is 2.09. The van der Waals surface area contributed by atoms with E-state index in [4.69, 9.17) is 65.4 Å². The molecular formula is C20H19Cl4NO6. The van der Waals surface area contributed by atoms with Crippen molar-refractivity contribution in [2.45, 2.75) is 0 Å². The smallest absolute Gasteiger partial charge is 0.344 e. The summed E-state index contributed by atoms with van der Waals surface area (Å²) in [5.74, 6) is -0.412. The predicted molar refractivity (Wildman–Crippen MR) is 119 cm³/mol. The third-order valence-electron chi connectivity index (χ3n) is 3.56. The minimum atomic E-state index is -0.544. The van der Waals surface area contributed by atoms with Crippen LogP contribution in [0, 0.1) is 0 Å². The van der Waals surface area contributed by atoms with Gasteiger partial charge in [0.2, 0.25) is 0 Å². The fraction of sp³-hybridized carbons (Fsp3) is 0.300. The second-order valence-electron chi connectivity index (χ2n) is 5.92. The van der Waals surface area contributed by atoms with Crippen molar-refractivity contribution < 1.29 is 28.5 Å². The first kappa shape index (κ1) is 25.4. The average molecular weight is 511 g/mol. The van der Waals surface area contributed by atoms with Crippen LogP contribution >= 0.6 is 46.4 Å². The molecule has 7 nitrogen and oxygen atoms in total. The molecule has 0 aliphatic heterocycles. The van der Waals surface area contributed by atoms with Crippen molar-refractivity contribution in [2.24, 2.45) is 0 Å². The first-order chi connectivity index (χ1) is 14.8. The van der Waals surface area contributed by atoms with Gasteiger partial charge in [-0.1, -0.05) is 46.4 Å². The van der Waals surface area contributed by atoms with Crippen LogP contribution in [0.3, 0.4) is 0 Å². The van der Waals surface area contributed by atoms with E-state index in [1.165, 1.54) is 12.1 Å². The summed E-state index contributed by atoms with van der Waals surface area (Å²) in [4.78, 5) is 23.3. The Labute approximate surface area is 199 Å². The molecule has 1 N–H and O–H groups in total. The fourth-order valence-corrected chi connectivity index (χ4v) is 3.07. The topological polar surface area (TPSA) is 83.1 Å². The molecule has 2 rings (SSSR count). The van der Waals surface area contributed by atoms with E-state index in [1.54, 1.807) is 24.3 Å². The summed E-state index contributed by atoms with van der Waals surface area (Å²) in [5, 5.41) is 4.51. The van der Waals surface area contributed by atoms with Crippen LogP contribution in [0.5, 0.6) is 11.5 Å². The first-order valence-electron chi connectivity index (χ1n) is 9.03. The quantitative estimate of drug-likeness (QED) is 0.334. The Morgan fingerprint density at radius 1 is 0.710 bits per heavy atom. The molecule has 0 saturated heterocycles. The number of hydrogen-bond donors (Lipinski definition) is 1. The molecule has 0 saturated carbocycles. The van der Waals surface area contributed by atoms with Crippen LogP contribution in [0.2, 0.25) is 20.1 Å². The van der Waals surface area contributed by atoms with Crippen LogP contribution < -0.4 is 14.8 Å². The maximum Gasteiger partial charge on any atom is 0.344 e. The third-order valence-corrected chi connectivity index (χ3v) is 4.62. The molecule has 0 unspecified atom stereocenters. The van der Waals surface area contributed by atoms with Crippen molar-refractivity contribution in [3.63, 3.8) is 0 Å². The second-order valence-corrected chi connectivity index (χ2v) is 7.61. The molecule has 31 heavy (non-hydrogen) atoms. The molecule has 0 heterocycles. The molecular weight excluding hydrogens is 492 g/mol. The Balaban J connectivity index is 1.49. The lowest BCUT2D eigenvalue weighted by Gasteiger charge is -2.10. The zero-order valence-corrected chi connectivity index (χ0v) is 19.2. The summed E-state index contributed by atoms with van der Waals surface area (Å²) >= 11 is 23.5. The van der Waals surface area contributed by atoms with E-state index < -0.39 is 11.9 Å². The molecule has 0 amide bonds. The SMILES string of the molecule is O=C(COc1ccc(Cl)cc1Cl)OCCNCCOC(=O)COc1ccc(Cl)cc1Cl. The number of esters is 2. The number of halogens is 4. The van der Waals surface area contributed by atoms with Crippen LogP contribution in [-0.2, 0) is 19.1 Å².